The van der Waals surface area contributed by atoms with Crippen molar-refractivity contribution in [2.45, 2.75) is 52.6 Å². The highest BCUT2D eigenvalue weighted by atomic mass is 16.5. The first-order chi connectivity index (χ1) is 9.12. The second-order valence-electron chi connectivity index (χ2n) is 5.80. The molecule has 3 unspecified atom stereocenters. The van der Waals surface area contributed by atoms with Crippen LogP contribution in [0.4, 0.5) is 0 Å². The molecule has 0 spiro atoms. The van der Waals surface area contributed by atoms with Crippen LogP contribution in [0.1, 0.15) is 43.7 Å². The largest absolute Gasteiger partial charge is 0.489 e. The van der Waals surface area contributed by atoms with Gasteiger partial charge in [-0.3, -0.25) is 0 Å². The van der Waals surface area contributed by atoms with E-state index in [2.05, 4.69) is 45.0 Å². The van der Waals surface area contributed by atoms with Gasteiger partial charge in [0.25, 0.3) is 0 Å². The average Bonchev–Trinajstić information content (AvgIpc) is 2.37. The number of aryl methyl sites for hydroxylation is 2. The van der Waals surface area contributed by atoms with Crippen LogP contribution in [0.5, 0.6) is 5.75 Å². The molecule has 1 aliphatic carbocycles. The summed E-state index contributed by atoms with van der Waals surface area (Å²) in [6.07, 6.45) is 4.41. The van der Waals surface area contributed by atoms with E-state index in [1.165, 1.54) is 24.0 Å². The van der Waals surface area contributed by atoms with E-state index < -0.39 is 0 Å². The van der Waals surface area contributed by atoms with Crippen LogP contribution in [0.25, 0.3) is 0 Å². The van der Waals surface area contributed by atoms with Crippen LogP contribution >= 0.6 is 0 Å². The van der Waals surface area contributed by atoms with Crippen LogP contribution in [-0.4, -0.2) is 6.10 Å². The van der Waals surface area contributed by atoms with Gasteiger partial charge in [-0.25, -0.2) is 0 Å². The van der Waals surface area contributed by atoms with Crippen LogP contribution in [-0.2, 0) is 0 Å². The first-order valence-electron chi connectivity index (χ1n) is 7.27. The summed E-state index contributed by atoms with van der Waals surface area (Å²) >= 11 is 0. The Balaban J connectivity index is 2.12. The summed E-state index contributed by atoms with van der Waals surface area (Å²) in [7, 11) is 0. The Hall–Kier alpha value is -1.49. The normalized spacial score (nSPS) is 26.7. The highest BCUT2D eigenvalue weighted by molar-refractivity contribution is 5.33. The summed E-state index contributed by atoms with van der Waals surface area (Å²) in [4.78, 5) is 0. The van der Waals surface area contributed by atoms with Gasteiger partial charge in [0.15, 0.2) is 0 Å². The molecular weight excluding hydrogens is 234 g/mol. The Morgan fingerprint density at radius 3 is 2.47 bits per heavy atom. The van der Waals surface area contributed by atoms with E-state index in [0.717, 1.165) is 18.6 Å². The molecule has 3 atom stereocenters. The molecule has 2 nitrogen and oxygen atoms in total. The SMILES string of the molecule is CCC1CCC(C#N)C(Oc2cc(C)cc(C)c2)C1. The van der Waals surface area contributed by atoms with E-state index >= 15 is 0 Å². The lowest BCUT2D eigenvalue weighted by Gasteiger charge is -2.32. The Labute approximate surface area is 116 Å². The van der Waals surface area contributed by atoms with Crippen molar-refractivity contribution in [1.82, 2.24) is 0 Å². The van der Waals surface area contributed by atoms with Gasteiger partial charge in [-0.2, -0.15) is 5.26 Å². The van der Waals surface area contributed by atoms with Gasteiger partial charge in [0, 0.05) is 0 Å². The van der Waals surface area contributed by atoms with Gasteiger partial charge in [0.1, 0.15) is 11.9 Å². The van der Waals surface area contributed by atoms with E-state index in [-0.39, 0.29) is 12.0 Å². The van der Waals surface area contributed by atoms with Crippen molar-refractivity contribution in [3.8, 4) is 11.8 Å². The first kappa shape index (κ1) is 13.9. The van der Waals surface area contributed by atoms with Crippen molar-refractivity contribution in [3.63, 3.8) is 0 Å². The zero-order valence-electron chi connectivity index (χ0n) is 12.1. The molecule has 102 valence electrons. The van der Waals surface area contributed by atoms with Crippen molar-refractivity contribution >= 4 is 0 Å². The topological polar surface area (TPSA) is 33.0 Å². The molecule has 1 aromatic rings. The van der Waals surface area contributed by atoms with Crippen LogP contribution in [0.2, 0.25) is 0 Å². The second-order valence-corrected chi connectivity index (χ2v) is 5.80. The minimum atomic E-state index is 0.0450. The highest BCUT2D eigenvalue weighted by Gasteiger charge is 2.31. The first-order valence-corrected chi connectivity index (χ1v) is 7.27. The molecule has 0 aromatic heterocycles. The Morgan fingerprint density at radius 1 is 1.21 bits per heavy atom. The van der Waals surface area contributed by atoms with Crippen LogP contribution < -0.4 is 4.74 Å². The Kier molecular flexibility index (Phi) is 4.47. The smallest absolute Gasteiger partial charge is 0.120 e. The second kappa shape index (κ2) is 6.10. The number of ether oxygens (including phenoxy) is 1. The van der Waals surface area contributed by atoms with E-state index in [1.54, 1.807) is 0 Å². The zero-order chi connectivity index (χ0) is 13.8. The third-order valence-corrected chi connectivity index (χ3v) is 4.13. The number of nitriles is 1. The molecular formula is C17H23NO. The molecule has 1 aliphatic rings. The lowest BCUT2D eigenvalue weighted by molar-refractivity contribution is 0.0892. The minimum absolute atomic E-state index is 0.0450. The summed E-state index contributed by atoms with van der Waals surface area (Å²) in [5.41, 5.74) is 2.43. The molecule has 0 N–H and O–H groups in total. The number of rotatable bonds is 3. The van der Waals surface area contributed by atoms with E-state index in [4.69, 9.17) is 4.74 Å². The summed E-state index contributed by atoms with van der Waals surface area (Å²) in [5.74, 6) is 1.67. The third-order valence-electron chi connectivity index (χ3n) is 4.13. The quantitative estimate of drug-likeness (QED) is 0.804. The van der Waals surface area contributed by atoms with Gasteiger partial charge < -0.3 is 4.74 Å². The van der Waals surface area contributed by atoms with Crippen LogP contribution in [0.15, 0.2) is 18.2 Å². The average molecular weight is 257 g/mol. The predicted molar refractivity (Wildman–Crippen MR) is 77.1 cm³/mol. The summed E-state index contributed by atoms with van der Waals surface area (Å²) in [6.45, 7) is 6.39. The van der Waals surface area contributed by atoms with Crippen LogP contribution in [0, 0.1) is 37.0 Å². The number of hydrogen-bond acceptors (Lipinski definition) is 2. The van der Waals surface area contributed by atoms with Crippen molar-refractivity contribution in [2.24, 2.45) is 11.8 Å². The molecule has 1 fully saturated rings. The number of nitrogens with zero attached hydrogens (tertiary/aromatic N) is 1. The standard InChI is InChI=1S/C17H23NO/c1-4-14-5-6-15(11-18)17(10-14)19-16-8-12(2)7-13(3)9-16/h7-9,14-15,17H,4-6,10H2,1-3H3. The van der Waals surface area contributed by atoms with Crippen molar-refractivity contribution in [2.75, 3.05) is 0 Å². The Bertz CT molecular complexity index is 454. The van der Waals surface area contributed by atoms with E-state index in [1.807, 2.05) is 0 Å². The predicted octanol–water partition coefficient (Wildman–Crippen LogP) is 4.40. The van der Waals surface area contributed by atoms with Crippen molar-refractivity contribution < 1.29 is 4.74 Å². The molecule has 0 saturated heterocycles. The van der Waals surface area contributed by atoms with Gasteiger partial charge in [-0.15, -0.1) is 0 Å². The monoisotopic (exact) mass is 257 g/mol. The fraction of sp³-hybridized carbons (Fsp3) is 0.588. The zero-order valence-corrected chi connectivity index (χ0v) is 12.1. The number of hydrogen-bond donors (Lipinski definition) is 0. The lowest BCUT2D eigenvalue weighted by atomic mass is 9.79. The molecule has 0 radical (unpaired) electrons. The maximum Gasteiger partial charge on any atom is 0.120 e. The third kappa shape index (κ3) is 3.50. The Morgan fingerprint density at radius 2 is 1.89 bits per heavy atom. The summed E-state index contributed by atoms with van der Waals surface area (Å²) in [6, 6.07) is 8.70. The summed E-state index contributed by atoms with van der Waals surface area (Å²) in [5, 5.41) is 9.28. The maximum atomic E-state index is 9.28. The molecule has 0 aliphatic heterocycles. The molecule has 2 heteroatoms. The molecule has 0 bridgehead atoms. The fourth-order valence-corrected chi connectivity index (χ4v) is 3.04. The molecule has 1 aromatic carbocycles. The molecule has 0 amide bonds. The summed E-state index contributed by atoms with van der Waals surface area (Å²) < 4.78 is 6.13. The lowest BCUT2D eigenvalue weighted by Crippen LogP contribution is -2.33. The van der Waals surface area contributed by atoms with Gasteiger partial charge in [0.05, 0.1) is 12.0 Å². The molecule has 1 saturated carbocycles. The van der Waals surface area contributed by atoms with Crippen LogP contribution in [0.3, 0.4) is 0 Å². The highest BCUT2D eigenvalue weighted by Crippen LogP contribution is 2.33. The van der Waals surface area contributed by atoms with E-state index in [9.17, 15) is 5.26 Å². The van der Waals surface area contributed by atoms with Gasteiger partial charge >= 0.3 is 0 Å². The van der Waals surface area contributed by atoms with Crippen molar-refractivity contribution in [1.29, 1.82) is 5.26 Å². The maximum absolute atomic E-state index is 9.28. The molecule has 19 heavy (non-hydrogen) atoms. The fourth-order valence-electron chi connectivity index (χ4n) is 3.04. The van der Waals surface area contributed by atoms with Gasteiger partial charge in [-0.1, -0.05) is 19.4 Å². The van der Waals surface area contributed by atoms with E-state index in [0.29, 0.717) is 5.92 Å². The van der Waals surface area contributed by atoms with Gasteiger partial charge in [0.2, 0.25) is 0 Å². The molecule has 2 rings (SSSR count). The number of benzene rings is 1. The molecule has 0 heterocycles. The minimum Gasteiger partial charge on any atom is -0.489 e. The van der Waals surface area contributed by atoms with Gasteiger partial charge in [-0.05, 0) is 62.3 Å². The van der Waals surface area contributed by atoms with Crippen molar-refractivity contribution in [3.05, 3.63) is 29.3 Å².